The Morgan fingerprint density at radius 3 is 2.76 bits per heavy atom. The monoisotopic (exact) mass is 304 g/mol. The van der Waals surface area contributed by atoms with E-state index in [4.69, 9.17) is 4.74 Å². The molecule has 1 aromatic heterocycles. The highest BCUT2D eigenvalue weighted by molar-refractivity contribution is 7.13. The summed E-state index contributed by atoms with van der Waals surface area (Å²) in [6, 6.07) is 9.35. The van der Waals surface area contributed by atoms with Gasteiger partial charge in [0.25, 0.3) is 0 Å². The first-order valence-corrected chi connectivity index (χ1v) is 7.89. The summed E-state index contributed by atoms with van der Waals surface area (Å²) in [5.74, 6) is 0.104. The SMILES string of the molecule is CCN(CCOC)c1nc(CC(=O)c2ccccc2)cs1. The lowest BCUT2D eigenvalue weighted by atomic mass is 10.1. The van der Waals surface area contributed by atoms with Crippen LogP contribution >= 0.6 is 11.3 Å². The molecule has 0 radical (unpaired) electrons. The van der Waals surface area contributed by atoms with Crippen molar-refractivity contribution in [2.45, 2.75) is 13.3 Å². The molecule has 0 aliphatic heterocycles. The summed E-state index contributed by atoms with van der Waals surface area (Å²) < 4.78 is 5.11. The second-order valence-corrected chi connectivity index (χ2v) is 5.50. The Hall–Kier alpha value is -1.72. The number of methoxy groups -OCH3 is 1. The zero-order chi connectivity index (χ0) is 15.1. The summed E-state index contributed by atoms with van der Waals surface area (Å²) in [7, 11) is 1.69. The Kier molecular flexibility index (Phi) is 5.90. The van der Waals surface area contributed by atoms with E-state index in [2.05, 4.69) is 16.8 Å². The van der Waals surface area contributed by atoms with Crippen LogP contribution in [0.3, 0.4) is 0 Å². The molecule has 0 aliphatic carbocycles. The van der Waals surface area contributed by atoms with Gasteiger partial charge in [0.05, 0.1) is 18.7 Å². The summed E-state index contributed by atoms with van der Waals surface area (Å²) in [6.45, 7) is 4.45. The number of benzene rings is 1. The van der Waals surface area contributed by atoms with E-state index in [-0.39, 0.29) is 5.78 Å². The topological polar surface area (TPSA) is 42.4 Å². The van der Waals surface area contributed by atoms with Crippen LogP contribution in [0.1, 0.15) is 23.0 Å². The van der Waals surface area contributed by atoms with Crippen LogP contribution in [0.25, 0.3) is 0 Å². The number of hydrogen-bond donors (Lipinski definition) is 0. The lowest BCUT2D eigenvalue weighted by Gasteiger charge is -2.18. The van der Waals surface area contributed by atoms with Crippen molar-refractivity contribution in [3.63, 3.8) is 0 Å². The zero-order valence-corrected chi connectivity index (χ0v) is 13.2. The summed E-state index contributed by atoms with van der Waals surface area (Å²) in [5.41, 5.74) is 1.57. The number of rotatable bonds is 8. The average molecular weight is 304 g/mol. The quantitative estimate of drug-likeness (QED) is 0.703. The minimum atomic E-state index is 0.104. The molecular weight excluding hydrogens is 284 g/mol. The molecule has 1 aromatic carbocycles. The number of likely N-dealkylation sites (N-methyl/N-ethyl adjacent to an activating group) is 1. The maximum atomic E-state index is 12.2. The molecular formula is C16H20N2O2S. The Morgan fingerprint density at radius 1 is 1.33 bits per heavy atom. The van der Waals surface area contributed by atoms with Crippen molar-refractivity contribution < 1.29 is 9.53 Å². The van der Waals surface area contributed by atoms with Crippen molar-refractivity contribution in [1.82, 2.24) is 4.98 Å². The van der Waals surface area contributed by atoms with E-state index in [1.54, 1.807) is 18.4 Å². The minimum absolute atomic E-state index is 0.104. The van der Waals surface area contributed by atoms with Gasteiger partial charge in [0.15, 0.2) is 10.9 Å². The van der Waals surface area contributed by atoms with E-state index in [0.29, 0.717) is 13.0 Å². The van der Waals surface area contributed by atoms with Gasteiger partial charge in [0, 0.05) is 31.1 Å². The summed E-state index contributed by atoms with van der Waals surface area (Å²) >= 11 is 1.58. The van der Waals surface area contributed by atoms with Crippen LogP contribution in [0.2, 0.25) is 0 Å². The molecule has 0 saturated carbocycles. The van der Waals surface area contributed by atoms with Crippen molar-refractivity contribution in [2.24, 2.45) is 0 Å². The van der Waals surface area contributed by atoms with E-state index in [0.717, 1.165) is 29.5 Å². The predicted octanol–water partition coefficient (Wildman–Crippen LogP) is 3.04. The highest BCUT2D eigenvalue weighted by Gasteiger charge is 2.12. The molecule has 0 fully saturated rings. The van der Waals surface area contributed by atoms with Crippen LogP contribution in [-0.2, 0) is 11.2 Å². The number of carbonyl (C=O) groups excluding carboxylic acids is 1. The molecule has 0 N–H and O–H groups in total. The van der Waals surface area contributed by atoms with Crippen LogP contribution in [0.15, 0.2) is 35.7 Å². The molecule has 0 bridgehead atoms. The van der Waals surface area contributed by atoms with E-state index < -0.39 is 0 Å². The molecule has 0 atom stereocenters. The highest BCUT2D eigenvalue weighted by atomic mass is 32.1. The first kappa shape index (κ1) is 15.7. The van der Waals surface area contributed by atoms with Crippen molar-refractivity contribution in [3.05, 3.63) is 47.0 Å². The Balaban J connectivity index is 2.01. The van der Waals surface area contributed by atoms with Crippen molar-refractivity contribution >= 4 is 22.3 Å². The number of Topliss-reactive ketones (excluding diaryl/α,β-unsaturated/α-hetero) is 1. The number of ketones is 1. The van der Waals surface area contributed by atoms with Crippen LogP contribution < -0.4 is 4.90 Å². The molecule has 0 unspecified atom stereocenters. The highest BCUT2D eigenvalue weighted by Crippen LogP contribution is 2.21. The second-order valence-electron chi connectivity index (χ2n) is 4.66. The molecule has 5 heteroatoms. The minimum Gasteiger partial charge on any atom is -0.383 e. The first-order chi connectivity index (χ1) is 10.2. The third-order valence-corrected chi connectivity index (χ3v) is 4.14. The molecule has 4 nitrogen and oxygen atoms in total. The molecule has 1 heterocycles. The first-order valence-electron chi connectivity index (χ1n) is 7.01. The van der Waals surface area contributed by atoms with Gasteiger partial charge in [-0.05, 0) is 6.92 Å². The lowest BCUT2D eigenvalue weighted by molar-refractivity contribution is 0.0992. The third-order valence-electron chi connectivity index (χ3n) is 3.19. The fourth-order valence-corrected chi connectivity index (χ4v) is 2.92. The summed E-state index contributed by atoms with van der Waals surface area (Å²) in [4.78, 5) is 18.9. The van der Waals surface area contributed by atoms with Crippen LogP contribution in [0.5, 0.6) is 0 Å². The normalized spacial score (nSPS) is 10.6. The average Bonchev–Trinajstić information content (AvgIpc) is 2.97. The molecule has 21 heavy (non-hydrogen) atoms. The van der Waals surface area contributed by atoms with Gasteiger partial charge >= 0.3 is 0 Å². The molecule has 2 rings (SSSR count). The van der Waals surface area contributed by atoms with E-state index in [1.807, 2.05) is 35.7 Å². The molecule has 2 aromatic rings. The third kappa shape index (κ3) is 4.37. The summed E-state index contributed by atoms with van der Waals surface area (Å²) in [6.07, 6.45) is 0.350. The fraction of sp³-hybridized carbons (Fsp3) is 0.375. The van der Waals surface area contributed by atoms with Gasteiger partial charge in [-0.3, -0.25) is 4.79 Å². The Labute approximate surface area is 129 Å². The number of nitrogens with zero attached hydrogens (tertiary/aromatic N) is 2. The van der Waals surface area contributed by atoms with Gasteiger partial charge < -0.3 is 9.64 Å². The van der Waals surface area contributed by atoms with Crippen molar-refractivity contribution in [1.29, 1.82) is 0 Å². The van der Waals surface area contributed by atoms with Crippen molar-refractivity contribution in [2.75, 3.05) is 31.7 Å². The van der Waals surface area contributed by atoms with E-state index >= 15 is 0 Å². The largest absolute Gasteiger partial charge is 0.383 e. The van der Waals surface area contributed by atoms with Gasteiger partial charge in [0.2, 0.25) is 0 Å². The maximum absolute atomic E-state index is 12.2. The predicted molar refractivity (Wildman–Crippen MR) is 86.4 cm³/mol. The zero-order valence-electron chi connectivity index (χ0n) is 12.4. The van der Waals surface area contributed by atoms with Crippen LogP contribution in [-0.4, -0.2) is 37.6 Å². The van der Waals surface area contributed by atoms with E-state index in [1.165, 1.54) is 0 Å². The van der Waals surface area contributed by atoms with Gasteiger partial charge in [-0.25, -0.2) is 4.98 Å². The van der Waals surface area contributed by atoms with Gasteiger partial charge in [-0.2, -0.15) is 0 Å². The fourth-order valence-electron chi connectivity index (χ4n) is 2.00. The van der Waals surface area contributed by atoms with Crippen LogP contribution in [0, 0.1) is 0 Å². The molecule has 0 saturated heterocycles. The van der Waals surface area contributed by atoms with Crippen LogP contribution in [0.4, 0.5) is 5.13 Å². The summed E-state index contributed by atoms with van der Waals surface area (Å²) in [5, 5.41) is 2.91. The molecule has 0 aliphatic rings. The Morgan fingerprint density at radius 2 is 2.10 bits per heavy atom. The number of hydrogen-bond acceptors (Lipinski definition) is 5. The van der Waals surface area contributed by atoms with E-state index in [9.17, 15) is 4.79 Å². The number of carbonyl (C=O) groups is 1. The second kappa shape index (κ2) is 7.90. The number of aromatic nitrogens is 1. The smallest absolute Gasteiger partial charge is 0.185 e. The maximum Gasteiger partial charge on any atom is 0.185 e. The van der Waals surface area contributed by atoms with Gasteiger partial charge in [-0.1, -0.05) is 30.3 Å². The molecule has 0 amide bonds. The molecule has 0 spiro atoms. The number of thiazole rings is 1. The Bertz CT molecular complexity index is 569. The van der Waals surface area contributed by atoms with Gasteiger partial charge in [-0.15, -0.1) is 11.3 Å². The number of ether oxygens (including phenoxy) is 1. The number of anilines is 1. The standard InChI is InChI=1S/C16H20N2O2S/c1-3-18(9-10-20-2)16-17-14(12-21-16)11-15(19)13-7-5-4-6-8-13/h4-8,12H,3,9-11H2,1-2H3. The molecule has 112 valence electrons. The van der Waals surface area contributed by atoms with Crippen molar-refractivity contribution in [3.8, 4) is 0 Å². The van der Waals surface area contributed by atoms with Gasteiger partial charge in [0.1, 0.15) is 0 Å². The lowest BCUT2D eigenvalue weighted by Crippen LogP contribution is -2.26.